The quantitative estimate of drug-likeness (QED) is 0.879. The van der Waals surface area contributed by atoms with Gasteiger partial charge in [-0.15, -0.1) is 0 Å². The van der Waals surface area contributed by atoms with E-state index in [0.29, 0.717) is 0 Å². The fraction of sp³-hybridized carbons (Fsp3) is 0.583. The predicted octanol–water partition coefficient (Wildman–Crippen LogP) is 2.26. The predicted molar refractivity (Wildman–Crippen MR) is 62.9 cm³/mol. The summed E-state index contributed by atoms with van der Waals surface area (Å²) in [5.74, 6) is -1.13. The molecule has 0 radical (unpaired) electrons. The van der Waals surface area contributed by atoms with Crippen LogP contribution in [-0.2, 0) is 0 Å². The topological polar surface area (TPSA) is 28.2 Å². The van der Waals surface area contributed by atoms with Crippen LogP contribution in [0.3, 0.4) is 0 Å². The molecular weight excluding hydrogens is 224 g/mol. The summed E-state index contributed by atoms with van der Waals surface area (Å²) in [6.07, 6.45) is 3.12. The van der Waals surface area contributed by atoms with Gasteiger partial charge in [0.25, 0.3) is 0 Å². The number of nitrogens with zero attached hydrogens (tertiary/aromatic N) is 2. The van der Waals surface area contributed by atoms with Crippen molar-refractivity contribution in [1.82, 2.24) is 9.88 Å². The summed E-state index contributed by atoms with van der Waals surface area (Å²) >= 11 is 0. The van der Waals surface area contributed by atoms with E-state index in [4.69, 9.17) is 0 Å². The zero-order chi connectivity index (χ0) is 12.3. The minimum Gasteiger partial charge on any atom is -0.364 e. The van der Waals surface area contributed by atoms with E-state index in [2.05, 4.69) is 22.1 Å². The largest absolute Gasteiger partial charge is 0.364 e. The van der Waals surface area contributed by atoms with Gasteiger partial charge in [0, 0.05) is 18.7 Å². The highest BCUT2D eigenvalue weighted by molar-refractivity contribution is 5.37. The highest BCUT2D eigenvalue weighted by Gasteiger charge is 2.19. The van der Waals surface area contributed by atoms with E-state index in [1.54, 1.807) is 0 Å². The third-order valence-corrected chi connectivity index (χ3v) is 3.10. The van der Waals surface area contributed by atoms with Crippen LogP contribution in [0.25, 0.3) is 0 Å². The Labute approximate surface area is 99.8 Å². The Morgan fingerprint density at radius 3 is 3.06 bits per heavy atom. The molecule has 2 heterocycles. The third-order valence-electron chi connectivity index (χ3n) is 3.10. The number of anilines is 1. The molecule has 0 spiro atoms. The second-order valence-electron chi connectivity index (χ2n) is 4.36. The summed E-state index contributed by atoms with van der Waals surface area (Å²) in [5, 5.41) is 3.05. The van der Waals surface area contributed by atoms with Crippen LogP contribution in [0.2, 0.25) is 0 Å². The molecule has 0 aliphatic carbocycles. The minimum atomic E-state index is -0.646. The van der Waals surface area contributed by atoms with Crippen molar-refractivity contribution in [3.8, 4) is 0 Å². The highest BCUT2D eigenvalue weighted by Crippen LogP contribution is 2.17. The van der Waals surface area contributed by atoms with Crippen LogP contribution in [0.15, 0.2) is 12.3 Å². The van der Waals surface area contributed by atoms with Crippen molar-refractivity contribution in [2.45, 2.75) is 25.8 Å². The summed E-state index contributed by atoms with van der Waals surface area (Å²) < 4.78 is 26.1. The van der Waals surface area contributed by atoms with Crippen molar-refractivity contribution in [1.29, 1.82) is 0 Å². The van der Waals surface area contributed by atoms with E-state index in [1.165, 1.54) is 0 Å². The first kappa shape index (κ1) is 12.2. The van der Waals surface area contributed by atoms with Gasteiger partial charge in [-0.1, -0.05) is 6.92 Å². The zero-order valence-electron chi connectivity index (χ0n) is 9.92. The van der Waals surface area contributed by atoms with Crippen LogP contribution in [-0.4, -0.2) is 35.6 Å². The van der Waals surface area contributed by atoms with Crippen LogP contribution in [0, 0.1) is 11.6 Å². The normalized spacial score (nSPS) is 21.5. The van der Waals surface area contributed by atoms with Gasteiger partial charge in [0.05, 0.1) is 6.20 Å². The number of aromatic nitrogens is 1. The number of nitrogens with one attached hydrogen (secondary N) is 1. The maximum absolute atomic E-state index is 13.4. The molecule has 0 aromatic carbocycles. The van der Waals surface area contributed by atoms with Gasteiger partial charge in [0.1, 0.15) is 5.82 Å². The molecule has 1 saturated heterocycles. The molecule has 1 N–H and O–H groups in total. The fourth-order valence-corrected chi connectivity index (χ4v) is 2.17. The average Bonchev–Trinajstić information content (AvgIpc) is 2.33. The molecule has 1 aliphatic rings. The summed E-state index contributed by atoms with van der Waals surface area (Å²) in [6.45, 7) is 5.08. The van der Waals surface area contributed by atoms with Gasteiger partial charge < -0.3 is 10.2 Å². The standard InChI is InChI=1S/C12H17F2N3/c1-2-17-5-3-4-10(8-17)16-12-11(14)6-9(13)7-15-12/h6-7,10H,2-5,8H2,1H3,(H,15,16). The van der Waals surface area contributed by atoms with Crippen LogP contribution < -0.4 is 5.32 Å². The van der Waals surface area contributed by atoms with Gasteiger partial charge in [0.15, 0.2) is 11.6 Å². The van der Waals surface area contributed by atoms with Crippen molar-refractivity contribution in [2.75, 3.05) is 25.0 Å². The number of hydrogen-bond acceptors (Lipinski definition) is 3. The van der Waals surface area contributed by atoms with E-state index < -0.39 is 11.6 Å². The Kier molecular flexibility index (Phi) is 3.89. The minimum absolute atomic E-state index is 0.148. The summed E-state index contributed by atoms with van der Waals surface area (Å²) in [5.41, 5.74) is 0. The molecular formula is C12H17F2N3. The van der Waals surface area contributed by atoms with E-state index in [-0.39, 0.29) is 11.9 Å². The average molecular weight is 241 g/mol. The second kappa shape index (κ2) is 5.40. The maximum Gasteiger partial charge on any atom is 0.168 e. The van der Waals surface area contributed by atoms with Crippen molar-refractivity contribution in [3.63, 3.8) is 0 Å². The molecule has 1 aliphatic heterocycles. The number of rotatable bonds is 3. The lowest BCUT2D eigenvalue weighted by atomic mass is 10.1. The molecule has 0 bridgehead atoms. The van der Waals surface area contributed by atoms with Crippen molar-refractivity contribution >= 4 is 5.82 Å². The SMILES string of the molecule is CCN1CCCC(Nc2ncc(F)cc2F)C1. The monoisotopic (exact) mass is 241 g/mol. The molecule has 1 unspecified atom stereocenters. The Morgan fingerprint density at radius 2 is 2.35 bits per heavy atom. The highest BCUT2D eigenvalue weighted by atomic mass is 19.1. The number of halogens is 2. The number of likely N-dealkylation sites (N-methyl/N-ethyl adjacent to an activating group) is 1. The van der Waals surface area contributed by atoms with Gasteiger partial charge in [-0.2, -0.15) is 0 Å². The molecule has 1 aromatic rings. The molecule has 94 valence electrons. The fourth-order valence-electron chi connectivity index (χ4n) is 2.17. The summed E-state index contributed by atoms with van der Waals surface area (Å²) in [7, 11) is 0. The van der Waals surface area contributed by atoms with Crippen molar-refractivity contribution < 1.29 is 8.78 Å². The Hall–Kier alpha value is -1.23. The van der Waals surface area contributed by atoms with Gasteiger partial charge >= 0.3 is 0 Å². The molecule has 0 saturated carbocycles. The van der Waals surface area contributed by atoms with E-state index in [0.717, 1.165) is 44.7 Å². The van der Waals surface area contributed by atoms with Gasteiger partial charge in [0.2, 0.25) is 0 Å². The molecule has 1 atom stereocenters. The zero-order valence-corrected chi connectivity index (χ0v) is 9.92. The Balaban J connectivity index is 2.00. The van der Waals surface area contributed by atoms with Crippen LogP contribution >= 0.6 is 0 Å². The summed E-state index contributed by atoms with van der Waals surface area (Å²) in [6, 6.07) is 1.05. The van der Waals surface area contributed by atoms with E-state index in [9.17, 15) is 8.78 Å². The third kappa shape index (κ3) is 3.12. The van der Waals surface area contributed by atoms with Crippen LogP contribution in [0.5, 0.6) is 0 Å². The van der Waals surface area contributed by atoms with Crippen molar-refractivity contribution in [2.24, 2.45) is 0 Å². The first-order chi connectivity index (χ1) is 8.19. The van der Waals surface area contributed by atoms with Crippen LogP contribution in [0.1, 0.15) is 19.8 Å². The molecule has 1 fully saturated rings. The molecule has 2 rings (SSSR count). The Bertz CT molecular complexity index is 384. The molecule has 0 amide bonds. The smallest absolute Gasteiger partial charge is 0.168 e. The van der Waals surface area contributed by atoms with Gasteiger partial charge in [-0.3, -0.25) is 0 Å². The molecule has 1 aromatic heterocycles. The number of hydrogen-bond donors (Lipinski definition) is 1. The van der Waals surface area contributed by atoms with E-state index >= 15 is 0 Å². The van der Waals surface area contributed by atoms with E-state index in [1.807, 2.05) is 0 Å². The first-order valence-electron chi connectivity index (χ1n) is 5.99. The lowest BCUT2D eigenvalue weighted by Gasteiger charge is -2.32. The van der Waals surface area contributed by atoms with Crippen molar-refractivity contribution in [3.05, 3.63) is 23.9 Å². The summed E-state index contributed by atoms with van der Waals surface area (Å²) in [4.78, 5) is 6.05. The molecule has 3 nitrogen and oxygen atoms in total. The molecule has 5 heteroatoms. The van der Waals surface area contributed by atoms with Gasteiger partial charge in [-0.25, -0.2) is 13.8 Å². The number of piperidine rings is 1. The van der Waals surface area contributed by atoms with Gasteiger partial charge in [-0.05, 0) is 25.9 Å². The number of likely N-dealkylation sites (tertiary alicyclic amines) is 1. The van der Waals surface area contributed by atoms with Crippen LogP contribution in [0.4, 0.5) is 14.6 Å². The first-order valence-corrected chi connectivity index (χ1v) is 5.99. The second-order valence-corrected chi connectivity index (χ2v) is 4.36. The number of pyridine rings is 1. The Morgan fingerprint density at radius 1 is 1.53 bits per heavy atom. The maximum atomic E-state index is 13.4. The lowest BCUT2D eigenvalue weighted by molar-refractivity contribution is 0.226. The lowest BCUT2D eigenvalue weighted by Crippen LogP contribution is -2.42. The molecule has 17 heavy (non-hydrogen) atoms.